The normalized spacial score (nSPS) is 14.4. The highest BCUT2D eigenvalue weighted by Crippen LogP contribution is 2.26. The molecule has 0 amide bonds. The quantitative estimate of drug-likeness (QED) is 0.801. The predicted molar refractivity (Wildman–Crippen MR) is 65.6 cm³/mol. The summed E-state index contributed by atoms with van der Waals surface area (Å²) in [7, 11) is 1.82. The third kappa shape index (κ3) is 3.98. The second kappa shape index (κ2) is 6.57. The lowest BCUT2D eigenvalue weighted by Crippen LogP contribution is -2.17. The van der Waals surface area contributed by atoms with Crippen LogP contribution in [0.15, 0.2) is 18.2 Å². The van der Waals surface area contributed by atoms with Crippen LogP contribution in [-0.4, -0.2) is 25.4 Å². The van der Waals surface area contributed by atoms with Gasteiger partial charge in [0.1, 0.15) is 11.6 Å². The maximum atomic E-state index is 13.2. The van der Waals surface area contributed by atoms with Gasteiger partial charge in [-0.3, -0.25) is 0 Å². The molecule has 0 aromatic heterocycles. The summed E-state index contributed by atoms with van der Waals surface area (Å²) in [6.45, 7) is 4.34. The summed E-state index contributed by atoms with van der Waals surface area (Å²) in [6, 6.07) is 4.50. The minimum absolute atomic E-state index is 0.0186. The Hall–Kier alpha value is -1.13. The average molecular weight is 241 g/mol. The van der Waals surface area contributed by atoms with E-state index in [1.165, 1.54) is 12.1 Å². The summed E-state index contributed by atoms with van der Waals surface area (Å²) in [5, 5.41) is 12.0. The SMILES string of the molecule is CNC(C)c1cc(F)ccc1OCC(C)CO. The Morgan fingerprint density at radius 2 is 2.12 bits per heavy atom. The molecule has 0 aliphatic carbocycles. The molecule has 3 nitrogen and oxygen atoms in total. The van der Waals surface area contributed by atoms with Gasteiger partial charge in [-0.05, 0) is 32.2 Å². The Morgan fingerprint density at radius 3 is 2.71 bits per heavy atom. The molecule has 1 rings (SSSR count). The number of hydrogen-bond donors (Lipinski definition) is 2. The van der Waals surface area contributed by atoms with Crippen molar-refractivity contribution in [3.05, 3.63) is 29.6 Å². The van der Waals surface area contributed by atoms with Gasteiger partial charge in [0.25, 0.3) is 0 Å². The number of aliphatic hydroxyl groups is 1. The van der Waals surface area contributed by atoms with E-state index >= 15 is 0 Å². The zero-order valence-electron chi connectivity index (χ0n) is 10.5. The highest BCUT2D eigenvalue weighted by Gasteiger charge is 2.12. The van der Waals surface area contributed by atoms with Crippen molar-refractivity contribution in [2.45, 2.75) is 19.9 Å². The number of ether oxygens (including phenoxy) is 1. The Morgan fingerprint density at radius 1 is 1.41 bits per heavy atom. The van der Waals surface area contributed by atoms with Crippen LogP contribution in [0.4, 0.5) is 4.39 Å². The standard InChI is InChI=1S/C13H20FNO2/c1-9(7-16)8-17-13-5-4-11(14)6-12(13)10(2)15-3/h4-6,9-10,15-16H,7-8H2,1-3H3. The van der Waals surface area contributed by atoms with Crippen LogP contribution in [0.25, 0.3) is 0 Å². The molecule has 0 fully saturated rings. The van der Waals surface area contributed by atoms with Gasteiger partial charge in [-0.25, -0.2) is 4.39 Å². The molecule has 2 unspecified atom stereocenters. The molecule has 0 saturated heterocycles. The number of rotatable bonds is 6. The van der Waals surface area contributed by atoms with Crippen molar-refractivity contribution in [1.82, 2.24) is 5.32 Å². The van der Waals surface area contributed by atoms with Crippen molar-refractivity contribution < 1.29 is 14.2 Å². The van der Waals surface area contributed by atoms with Crippen LogP contribution in [0.3, 0.4) is 0 Å². The van der Waals surface area contributed by atoms with E-state index in [1.54, 1.807) is 6.07 Å². The molecular weight excluding hydrogens is 221 g/mol. The lowest BCUT2D eigenvalue weighted by molar-refractivity contribution is 0.173. The summed E-state index contributed by atoms with van der Waals surface area (Å²) in [6.07, 6.45) is 0. The highest BCUT2D eigenvalue weighted by molar-refractivity contribution is 5.36. The fourth-order valence-electron chi connectivity index (χ4n) is 1.43. The Bertz CT molecular complexity index is 357. The van der Waals surface area contributed by atoms with Crippen LogP contribution < -0.4 is 10.1 Å². The van der Waals surface area contributed by atoms with Gasteiger partial charge < -0.3 is 15.2 Å². The van der Waals surface area contributed by atoms with Crippen molar-refractivity contribution in [2.24, 2.45) is 5.92 Å². The van der Waals surface area contributed by atoms with Crippen LogP contribution in [0, 0.1) is 11.7 Å². The van der Waals surface area contributed by atoms with Gasteiger partial charge >= 0.3 is 0 Å². The zero-order chi connectivity index (χ0) is 12.8. The Balaban J connectivity index is 2.83. The smallest absolute Gasteiger partial charge is 0.124 e. The molecule has 1 aromatic carbocycles. The van der Waals surface area contributed by atoms with Crippen molar-refractivity contribution in [1.29, 1.82) is 0 Å². The van der Waals surface area contributed by atoms with Crippen LogP contribution in [0.5, 0.6) is 5.75 Å². The van der Waals surface area contributed by atoms with Gasteiger partial charge in [-0.15, -0.1) is 0 Å². The maximum Gasteiger partial charge on any atom is 0.124 e. The predicted octanol–water partition coefficient (Wildman–Crippen LogP) is 2.11. The fourth-order valence-corrected chi connectivity index (χ4v) is 1.43. The van der Waals surface area contributed by atoms with E-state index in [0.29, 0.717) is 12.4 Å². The first kappa shape index (κ1) is 13.9. The first-order valence-corrected chi connectivity index (χ1v) is 5.78. The maximum absolute atomic E-state index is 13.2. The second-order valence-electron chi connectivity index (χ2n) is 4.29. The van der Waals surface area contributed by atoms with E-state index in [2.05, 4.69) is 5.32 Å². The van der Waals surface area contributed by atoms with Crippen LogP contribution in [0.2, 0.25) is 0 Å². The van der Waals surface area contributed by atoms with E-state index in [-0.39, 0.29) is 24.4 Å². The summed E-state index contributed by atoms with van der Waals surface area (Å²) in [5.41, 5.74) is 0.789. The minimum atomic E-state index is -0.273. The van der Waals surface area contributed by atoms with Gasteiger partial charge in [-0.2, -0.15) is 0 Å². The van der Waals surface area contributed by atoms with Gasteiger partial charge in [0, 0.05) is 24.1 Å². The molecule has 0 radical (unpaired) electrons. The third-order valence-electron chi connectivity index (χ3n) is 2.71. The summed E-state index contributed by atoms with van der Waals surface area (Å²) < 4.78 is 18.8. The monoisotopic (exact) mass is 241 g/mol. The summed E-state index contributed by atoms with van der Waals surface area (Å²) in [4.78, 5) is 0. The van der Waals surface area contributed by atoms with E-state index in [1.807, 2.05) is 20.9 Å². The molecule has 17 heavy (non-hydrogen) atoms. The molecule has 0 bridgehead atoms. The van der Waals surface area contributed by atoms with E-state index in [4.69, 9.17) is 9.84 Å². The fraction of sp³-hybridized carbons (Fsp3) is 0.538. The van der Waals surface area contributed by atoms with E-state index < -0.39 is 0 Å². The topological polar surface area (TPSA) is 41.5 Å². The molecular formula is C13H20FNO2. The van der Waals surface area contributed by atoms with Gasteiger partial charge in [0.15, 0.2) is 0 Å². The molecule has 96 valence electrons. The molecule has 0 heterocycles. The molecule has 0 aliphatic rings. The number of aliphatic hydroxyl groups excluding tert-OH is 1. The van der Waals surface area contributed by atoms with Crippen molar-refractivity contribution in [3.63, 3.8) is 0 Å². The molecule has 0 saturated carbocycles. The number of nitrogens with one attached hydrogen (secondary N) is 1. The lowest BCUT2D eigenvalue weighted by Gasteiger charge is -2.18. The molecule has 0 spiro atoms. The number of hydrogen-bond acceptors (Lipinski definition) is 3. The first-order chi connectivity index (χ1) is 8.08. The van der Waals surface area contributed by atoms with Gasteiger partial charge in [0.05, 0.1) is 6.61 Å². The van der Waals surface area contributed by atoms with E-state index in [9.17, 15) is 4.39 Å². The van der Waals surface area contributed by atoms with Crippen LogP contribution in [0.1, 0.15) is 25.5 Å². The Kier molecular flexibility index (Phi) is 5.38. The van der Waals surface area contributed by atoms with Gasteiger partial charge in [-0.1, -0.05) is 6.92 Å². The van der Waals surface area contributed by atoms with Crippen molar-refractivity contribution in [2.75, 3.05) is 20.3 Å². The second-order valence-corrected chi connectivity index (χ2v) is 4.29. The minimum Gasteiger partial charge on any atom is -0.493 e. The van der Waals surface area contributed by atoms with Crippen molar-refractivity contribution >= 4 is 0 Å². The summed E-state index contributed by atoms with van der Waals surface area (Å²) in [5.74, 6) is 0.455. The lowest BCUT2D eigenvalue weighted by atomic mass is 10.1. The van der Waals surface area contributed by atoms with Crippen LogP contribution >= 0.6 is 0 Å². The van der Waals surface area contributed by atoms with Crippen LogP contribution in [-0.2, 0) is 0 Å². The number of halogens is 1. The van der Waals surface area contributed by atoms with E-state index in [0.717, 1.165) is 5.56 Å². The zero-order valence-corrected chi connectivity index (χ0v) is 10.5. The summed E-state index contributed by atoms with van der Waals surface area (Å²) >= 11 is 0. The highest BCUT2D eigenvalue weighted by atomic mass is 19.1. The average Bonchev–Trinajstić information content (AvgIpc) is 2.35. The number of benzene rings is 1. The van der Waals surface area contributed by atoms with Gasteiger partial charge in [0.2, 0.25) is 0 Å². The largest absolute Gasteiger partial charge is 0.493 e. The molecule has 4 heteroatoms. The van der Waals surface area contributed by atoms with Crippen molar-refractivity contribution in [3.8, 4) is 5.75 Å². The first-order valence-electron chi connectivity index (χ1n) is 5.78. The molecule has 2 N–H and O–H groups in total. The molecule has 2 atom stereocenters. The third-order valence-corrected chi connectivity index (χ3v) is 2.71. The Labute approximate surface area is 102 Å². The molecule has 1 aromatic rings. The molecule has 0 aliphatic heterocycles.